The van der Waals surface area contributed by atoms with E-state index in [2.05, 4.69) is 21.2 Å². The molecule has 1 unspecified atom stereocenters. The number of rotatable bonds is 4. The Hall–Kier alpha value is -1.52. The van der Waals surface area contributed by atoms with Crippen molar-refractivity contribution in [3.63, 3.8) is 0 Å². The number of carboxylic acid groups (broad SMARTS) is 1. The van der Waals surface area contributed by atoms with Crippen LogP contribution in [0, 0.1) is 6.92 Å². The van der Waals surface area contributed by atoms with Crippen LogP contribution >= 0.6 is 27.5 Å². The molecule has 0 aliphatic heterocycles. The summed E-state index contributed by atoms with van der Waals surface area (Å²) < 4.78 is 0.720. The van der Waals surface area contributed by atoms with Crippen molar-refractivity contribution in [1.29, 1.82) is 0 Å². The Morgan fingerprint density at radius 3 is 2.60 bits per heavy atom. The number of aryl methyl sites for hydroxylation is 1. The van der Waals surface area contributed by atoms with Crippen LogP contribution in [0.5, 0.6) is 0 Å². The van der Waals surface area contributed by atoms with Gasteiger partial charge < -0.3 is 10.4 Å². The van der Waals surface area contributed by atoms with Crippen molar-refractivity contribution in [1.82, 2.24) is 0 Å². The molecule has 2 aromatic rings. The highest BCUT2D eigenvalue weighted by atomic mass is 79.9. The number of hydrogen-bond donors (Lipinski definition) is 2. The van der Waals surface area contributed by atoms with Crippen LogP contribution in [0.1, 0.15) is 17.2 Å². The summed E-state index contributed by atoms with van der Waals surface area (Å²) in [6, 6.07) is 11.8. The van der Waals surface area contributed by atoms with Gasteiger partial charge in [-0.2, -0.15) is 0 Å². The lowest BCUT2D eigenvalue weighted by Gasteiger charge is -2.18. The molecule has 0 saturated carbocycles. The second-order valence-electron chi connectivity index (χ2n) is 4.40. The van der Waals surface area contributed by atoms with Gasteiger partial charge in [-0.15, -0.1) is 0 Å². The van der Waals surface area contributed by atoms with Gasteiger partial charge in [0.2, 0.25) is 0 Å². The molecule has 2 N–H and O–H groups in total. The minimum atomic E-state index is -0.926. The molecule has 0 heterocycles. The van der Waals surface area contributed by atoms with Gasteiger partial charge in [0.05, 0.1) is 5.02 Å². The van der Waals surface area contributed by atoms with Crippen molar-refractivity contribution in [2.45, 2.75) is 13.0 Å². The van der Waals surface area contributed by atoms with Crippen LogP contribution in [0.3, 0.4) is 0 Å². The molecule has 5 heteroatoms. The minimum Gasteiger partial charge on any atom is -0.479 e. The number of aliphatic carboxylic acids is 1. The van der Waals surface area contributed by atoms with Crippen molar-refractivity contribution < 1.29 is 9.90 Å². The van der Waals surface area contributed by atoms with Crippen molar-refractivity contribution in [3.05, 3.63) is 63.1 Å². The first kappa shape index (κ1) is 14.9. The summed E-state index contributed by atoms with van der Waals surface area (Å²) in [5, 5.41) is 13.0. The van der Waals surface area contributed by atoms with E-state index in [1.54, 1.807) is 18.2 Å². The molecular weight excluding hydrogens is 342 g/mol. The average molecular weight is 355 g/mol. The third kappa shape index (κ3) is 3.32. The molecule has 0 aliphatic rings. The van der Waals surface area contributed by atoms with Gasteiger partial charge in [0.25, 0.3) is 0 Å². The van der Waals surface area contributed by atoms with E-state index in [4.69, 9.17) is 11.6 Å². The quantitative estimate of drug-likeness (QED) is 0.840. The average Bonchev–Trinajstić information content (AvgIpc) is 2.41. The predicted molar refractivity (Wildman–Crippen MR) is 84.3 cm³/mol. The number of nitrogens with one attached hydrogen (secondary N) is 1. The van der Waals surface area contributed by atoms with Crippen LogP contribution in [0.2, 0.25) is 5.02 Å². The van der Waals surface area contributed by atoms with Gasteiger partial charge in [0.15, 0.2) is 6.04 Å². The molecule has 0 bridgehead atoms. The normalized spacial score (nSPS) is 11.9. The predicted octanol–water partition coefficient (Wildman–Crippen LogP) is 4.65. The smallest absolute Gasteiger partial charge is 0.330 e. The Morgan fingerprint density at radius 2 is 2.00 bits per heavy atom. The number of carbonyl (C=O) groups is 1. The lowest BCUT2D eigenvalue weighted by Crippen LogP contribution is -2.21. The molecule has 2 rings (SSSR count). The zero-order chi connectivity index (χ0) is 14.7. The van der Waals surface area contributed by atoms with Crippen LogP contribution in [0.25, 0.3) is 0 Å². The van der Waals surface area contributed by atoms with Crippen molar-refractivity contribution in [2.75, 3.05) is 5.32 Å². The van der Waals surface area contributed by atoms with E-state index in [-0.39, 0.29) is 0 Å². The molecule has 20 heavy (non-hydrogen) atoms. The number of halogens is 2. The lowest BCUT2D eigenvalue weighted by atomic mass is 10.0. The Bertz CT molecular complexity index is 646. The molecular formula is C15H13BrClNO2. The number of benzene rings is 2. The van der Waals surface area contributed by atoms with E-state index in [1.807, 2.05) is 31.2 Å². The molecule has 3 nitrogen and oxygen atoms in total. The molecule has 0 radical (unpaired) electrons. The molecule has 0 amide bonds. The highest BCUT2D eigenvalue weighted by molar-refractivity contribution is 9.10. The molecule has 104 valence electrons. The standard InChI is InChI=1S/C15H13BrClNO2/c1-9-4-2-3-5-11(9)14(15(19)20)18-10-6-7-13(17)12(16)8-10/h2-8,14,18H,1H3,(H,19,20). The number of carboxylic acids is 1. The maximum Gasteiger partial charge on any atom is 0.330 e. The van der Waals surface area contributed by atoms with Crippen molar-refractivity contribution in [2.24, 2.45) is 0 Å². The van der Waals surface area contributed by atoms with Gasteiger partial charge >= 0.3 is 5.97 Å². The molecule has 0 aliphatic carbocycles. The maximum atomic E-state index is 11.5. The first-order valence-electron chi connectivity index (χ1n) is 5.99. The van der Waals surface area contributed by atoms with E-state index < -0.39 is 12.0 Å². The van der Waals surface area contributed by atoms with E-state index in [9.17, 15) is 9.90 Å². The Balaban J connectivity index is 2.33. The first-order chi connectivity index (χ1) is 9.49. The van der Waals surface area contributed by atoms with Crippen LogP contribution in [-0.4, -0.2) is 11.1 Å². The summed E-state index contributed by atoms with van der Waals surface area (Å²) in [5.74, 6) is -0.926. The summed E-state index contributed by atoms with van der Waals surface area (Å²) in [5.41, 5.74) is 2.36. The summed E-state index contributed by atoms with van der Waals surface area (Å²) in [6.07, 6.45) is 0. The van der Waals surface area contributed by atoms with E-state index >= 15 is 0 Å². The second kappa shape index (κ2) is 6.29. The fraction of sp³-hybridized carbons (Fsp3) is 0.133. The van der Waals surface area contributed by atoms with E-state index in [0.717, 1.165) is 15.6 Å². The zero-order valence-corrected chi connectivity index (χ0v) is 13.1. The lowest BCUT2D eigenvalue weighted by molar-refractivity contribution is -0.138. The number of anilines is 1. The Morgan fingerprint density at radius 1 is 1.30 bits per heavy atom. The van der Waals surface area contributed by atoms with Crippen molar-refractivity contribution >= 4 is 39.2 Å². The molecule has 2 aromatic carbocycles. The zero-order valence-electron chi connectivity index (χ0n) is 10.7. The second-order valence-corrected chi connectivity index (χ2v) is 5.66. The third-order valence-electron chi connectivity index (χ3n) is 2.98. The SMILES string of the molecule is Cc1ccccc1C(Nc1ccc(Cl)c(Br)c1)C(=O)O. The van der Waals surface area contributed by atoms with Gasteiger partial charge in [0.1, 0.15) is 0 Å². The van der Waals surface area contributed by atoms with Crippen LogP contribution < -0.4 is 5.32 Å². The highest BCUT2D eigenvalue weighted by Gasteiger charge is 2.21. The Kier molecular flexibility index (Phi) is 4.68. The fourth-order valence-corrected chi connectivity index (χ4v) is 2.43. The van der Waals surface area contributed by atoms with Gasteiger partial charge in [-0.3, -0.25) is 0 Å². The van der Waals surface area contributed by atoms with E-state index in [1.165, 1.54) is 0 Å². The van der Waals surface area contributed by atoms with Crippen molar-refractivity contribution in [3.8, 4) is 0 Å². The molecule has 0 spiro atoms. The largest absolute Gasteiger partial charge is 0.479 e. The monoisotopic (exact) mass is 353 g/mol. The van der Waals surface area contributed by atoms with Crippen LogP contribution in [0.15, 0.2) is 46.9 Å². The molecule has 0 saturated heterocycles. The van der Waals surface area contributed by atoms with Gasteiger partial charge in [0, 0.05) is 10.2 Å². The summed E-state index contributed by atoms with van der Waals surface area (Å²) in [7, 11) is 0. The summed E-state index contributed by atoms with van der Waals surface area (Å²) in [6.45, 7) is 1.89. The fourth-order valence-electron chi connectivity index (χ4n) is 1.94. The topological polar surface area (TPSA) is 49.3 Å². The summed E-state index contributed by atoms with van der Waals surface area (Å²) in [4.78, 5) is 11.5. The minimum absolute atomic E-state index is 0.582. The summed E-state index contributed by atoms with van der Waals surface area (Å²) >= 11 is 9.26. The molecule has 1 atom stereocenters. The number of hydrogen-bond acceptors (Lipinski definition) is 2. The van der Waals surface area contributed by atoms with Gasteiger partial charge in [-0.25, -0.2) is 4.79 Å². The van der Waals surface area contributed by atoms with Gasteiger partial charge in [-0.05, 0) is 52.2 Å². The molecule has 0 fully saturated rings. The highest BCUT2D eigenvalue weighted by Crippen LogP contribution is 2.28. The van der Waals surface area contributed by atoms with Crippen LogP contribution in [-0.2, 0) is 4.79 Å². The molecule has 0 aromatic heterocycles. The Labute approximate surface area is 130 Å². The first-order valence-corrected chi connectivity index (χ1v) is 7.16. The van der Waals surface area contributed by atoms with E-state index in [0.29, 0.717) is 10.7 Å². The third-order valence-corrected chi connectivity index (χ3v) is 4.19. The van der Waals surface area contributed by atoms with Gasteiger partial charge in [-0.1, -0.05) is 35.9 Å². The maximum absolute atomic E-state index is 11.5. The van der Waals surface area contributed by atoms with Crippen LogP contribution in [0.4, 0.5) is 5.69 Å².